The Kier molecular flexibility index (Phi) is 19.6. The van der Waals surface area contributed by atoms with E-state index in [4.69, 9.17) is 0 Å². The first kappa shape index (κ1) is 40.4. The first-order valence-corrected chi connectivity index (χ1v) is 21.1. The highest BCUT2D eigenvalue weighted by molar-refractivity contribution is 5.77. The van der Waals surface area contributed by atoms with Crippen molar-refractivity contribution in [2.75, 3.05) is 0 Å². The minimum Gasteiger partial charge on any atom is -0.252 e. The van der Waals surface area contributed by atoms with Gasteiger partial charge in [-0.1, -0.05) is 171 Å². The van der Waals surface area contributed by atoms with Crippen LogP contribution in [0, 0.1) is 0 Å². The van der Waals surface area contributed by atoms with E-state index >= 15 is 0 Å². The summed E-state index contributed by atoms with van der Waals surface area (Å²) >= 11 is 0. The summed E-state index contributed by atoms with van der Waals surface area (Å²) in [6.45, 7) is 9.52. The van der Waals surface area contributed by atoms with Crippen molar-refractivity contribution in [3.63, 3.8) is 0 Å². The van der Waals surface area contributed by atoms with Crippen LogP contribution in [0.25, 0.3) is 33.8 Å². The summed E-state index contributed by atoms with van der Waals surface area (Å²) < 4.78 is 6.00. The lowest BCUT2D eigenvalue weighted by atomic mass is 10.0. The molecule has 9 nitrogen and oxygen atoms in total. The molecular weight excluding hydrogens is 631 g/mol. The smallest absolute Gasteiger partial charge is 0.113 e. The molecule has 0 aliphatic rings. The minimum absolute atomic E-state index is 0.871. The molecule has 0 saturated carbocycles. The average molecular weight is 700 g/mol. The molecule has 0 amide bonds. The largest absolute Gasteiger partial charge is 0.252 e. The van der Waals surface area contributed by atoms with Crippen LogP contribution >= 0.6 is 0 Å². The highest BCUT2D eigenvalue weighted by Crippen LogP contribution is 2.31. The third kappa shape index (κ3) is 15.4. The second-order valence-corrected chi connectivity index (χ2v) is 14.8. The molecule has 0 aliphatic heterocycles. The van der Waals surface area contributed by atoms with Crippen LogP contribution in [-0.2, 0) is 19.6 Å². The van der Waals surface area contributed by atoms with Gasteiger partial charge in [0.15, 0.2) is 0 Å². The Labute approximate surface area is 309 Å². The Bertz CT molecular complexity index is 1270. The topological polar surface area (TPSA) is 92.1 Å². The van der Waals surface area contributed by atoms with Crippen LogP contribution in [0.2, 0.25) is 0 Å². The van der Waals surface area contributed by atoms with Gasteiger partial charge in [0.1, 0.15) is 17.1 Å². The lowest BCUT2D eigenvalue weighted by Gasteiger charge is -2.06. The molecule has 0 aliphatic carbocycles. The molecule has 0 saturated heterocycles. The lowest BCUT2D eigenvalue weighted by molar-refractivity contribution is 0.511. The van der Waals surface area contributed by atoms with Gasteiger partial charge in [-0.2, -0.15) is 0 Å². The van der Waals surface area contributed by atoms with Crippen LogP contribution in [0.5, 0.6) is 0 Å². The molecule has 0 fully saturated rings. The molecule has 1 aromatic carbocycles. The zero-order valence-electron chi connectivity index (χ0n) is 32.6. The monoisotopic (exact) mass is 700 g/mol. The van der Waals surface area contributed by atoms with Crippen LogP contribution in [0.4, 0.5) is 0 Å². The second kappa shape index (κ2) is 24.8. The lowest BCUT2D eigenvalue weighted by Crippen LogP contribution is -1.98. The van der Waals surface area contributed by atoms with Crippen molar-refractivity contribution in [1.29, 1.82) is 0 Å². The van der Waals surface area contributed by atoms with Crippen molar-refractivity contribution in [3.05, 3.63) is 36.8 Å². The maximum atomic E-state index is 4.61. The first-order chi connectivity index (χ1) is 25.2. The fourth-order valence-electron chi connectivity index (χ4n) is 6.91. The van der Waals surface area contributed by atoms with E-state index in [1.807, 2.05) is 14.0 Å². The number of unbranched alkanes of at least 4 members (excludes halogenated alkanes) is 21. The third-order valence-corrected chi connectivity index (χ3v) is 10.2. The van der Waals surface area contributed by atoms with Crippen molar-refractivity contribution in [2.45, 2.75) is 195 Å². The van der Waals surface area contributed by atoms with Crippen LogP contribution in [0.1, 0.15) is 175 Å². The molecule has 0 atom stereocenters. The molecule has 0 radical (unpaired) electrons. The molecule has 9 heteroatoms. The van der Waals surface area contributed by atoms with Crippen LogP contribution in [0.3, 0.4) is 0 Å². The summed E-state index contributed by atoms with van der Waals surface area (Å²) in [7, 11) is 0. The summed E-state index contributed by atoms with van der Waals surface area (Å²) in [6.07, 6.45) is 37.5. The van der Waals surface area contributed by atoms with Crippen LogP contribution < -0.4 is 0 Å². The third-order valence-electron chi connectivity index (χ3n) is 10.2. The highest BCUT2D eigenvalue weighted by atomic mass is 15.4. The standard InChI is InChI=1S/C42H69N9/c1-4-7-10-13-16-19-22-25-28-49-34-40(43-46-49)37-31-38(41-35-50(47-44-41)29-26-23-20-17-14-11-8-5-2)33-39(32-37)42-36-51(48-45-42)30-27-24-21-18-15-12-9-6-3/h31-36H,4-30H2,1-3H3. The van der Waals surface area contributed by atoms with Gasteiger partial charge in [0.25, 0.3) is 0 Å². The highest BCUT2D eigenvalue weighted by Gasteiger charge is 2.14. The Hall–Kier alpha value is -3.36. The summed E-state index contributed by atoms with van der Waals surface area (Å²) in [6, 6.07) is 6.51. The van der Waals surface area contributed by atoms with E-state index in [2.05, 4.69) is 88.5 Å². The van der Waals surface area contributed by atoms with E-state index < -0.39 is 0 Å². The number of rotatable bonds is 30. The molecule has 4 rings (SSSR count). The van der Waals surface area contributed by atoms with Gasteiger partial charge in [-0.15, -0.1) is 15.3 Å². The molecule has 3 aromatic heterocycles. The summed E-state index contributed by atoms with van der Waals surface area (Å²) in [5, 5.41) is 27.3. The Morgan fingerprint density at radius 3 is 0.824 bits per heavy atom. The van der Waals surface area contributed by atoms with E-state index in [0.29, 0.717) is 0 Å². The van der Waals surface area contributed by atoms with Gasteiger partial charge in [-0.25, -0.2) is 0 Å². The van der Waals surface area contributed by atoms with Crippen molar-refractivity contribution in [1.82, 2.24) is 45.0 Å². The predicted molar refractivity (Wildman–Crippen MR) is 211 cm³/mol. The van der Waals surface area contributed by atoms with E-state index in [1.165, 1.54) is 135 Å². The Morgan fingerprint density at radius 1 is 0.333 bits per heavy atom. The minimum atomic E-state index is 0.871. The van der Waals surface area contributed by atoms with Gasteiger partial charge in [-0.05, 0) is 37.5 Å². The Balaban J connectivity index is 1.39. The van der Waals surface area contributed by atoms with Crippen molar-refractivity contribution in [2.24, 2.45) is 0 Å². The van der Waals surface area contributed by atoms with E-state index in [-0.39, 0.29) is 0 Å². The molecule has 4 aromatic rings. The maximum absolute atomic E-state index is 4.61. The summed E-state index contributed by atoms with van der Waals surface area (Å²) in [5.74, 6) is 0. The van der Waals surface area contributed by atoms with Crippen LogP contribution in [0.15, 0.2) is 36.8 Å². The van der Waals surface area contributed by atoms with Gasteiger partial charge in [0.2, 0.25) is 0 Å². The molecule has 0 N–H and O–H groups in total. The number of aryl methyl sites for hydroxylation is 3. The zero-order chi connectivity index (χ0) is 35.8. The zero-order valence-corrected chi connectivity index (χ0v) is 32.6. The summed E-state index contributed by atoms with van der Waals surface area (Å²) in [5.41, 5.74) is 5.65. The molecule has 0 spiro atoms. The Morgan fingerprint density at radius 2 is 0.569 bits per heavy atom. The van der Waals surface area contributed by atoms with Gasteiger partial charge in [0.05, 0.1) is 18.6 Å². The predicted octanol–water partition coefficient (Wildman–Crippen LogP) is 11.9. The number of nitrogens with zero attached hydrogens (tertiary/aromatic N) is 9. The maximum Gasteiger partial charge on any atom is 0.113 e. The average Bonchev–Trinajstić information content (AvgIpc) is 3.94. The van der Waals surface area contributed by atoms with Crippen LogP contribution in [-0.4, -0.2) is 45.0 Å². The second-order valence-electron chi connectivity index (χ2n) is 14.8. The number of aromatic nitrogens is 9. The summed E-state index contributed by atoms with van der Waals surface area (Å²) in [4.78, 5) is 0. The molecule has 0 unspecified atom stereocenters. The molecule has 51 heavy (non-hydrogen) atoms. The van der Waals surface area contributed by atoms with Crippen molar-refractivity contribution in [3.8, 4) is 33.8 Å². The fraction of sp³-hybridized carbons (Fsp3) is 0.714. The molecule has 282 valence electrons. The number of benzene rings is 1. The van der Waals surface area contributed by atoms with Gasteiger partial charge < -0.3 is 0 Å². The van der Waals surface area contributed by atoms with E-state index in [9.17, 15) is 0 Å². The van der Waals surface area contributed by atoms with E-state index in [0.717, 1.165) is 72.7 Å². The van der Waals surface area contributed by atoms with Gasteiger partial charge >= 0.3 is 0 Å². The number of hydrogen-bond acceptors (Lipinski definition) is 6. The molecule has 3 heterocycles. The normalized spacial score (nSPS) is 11.6. The van der Waals surface area contributed by atoms with Gasteiger partial charge in [-0.3, -0.25) is 14.0 Å². The van der Waals surface area contributed by atoms with Crippen molar-refractivity contribution >= 4 is 0 Å². The fourth-order valence-corrected chi connectivity index (χ4v) is 6.91. The number of hydrogen-bond donors (Lipinski definition) is 0. The quantitative estimate of drug-likeness (QED) is 0.0503. The van der Waals surface area contributed by atoms with E-state index in [1.54, 1.807) is 0 Å². The molecule has 0 bridgehead atoms. The van der Waals surface area contributed by atoms with Crippen molar-refractivity contribution < 1.29 is 0 Å². The van der Waals surface area contributed by atoms with Gasteiger partial charge in [0, 0.05) is 36.3 Å². The molecular formula is C42H69N9. The first-order valence-electron chi connectivity index (χ1n) is 21.1. The SMILES string of the molecule is CCCCCCCCCCn1cc(-c2cc(-c3cn(CCCCCCCCCC)nn3)cc(-c3cn(CCCCCCCCCC)nn3)c2)nn1.